The summed E-state index contributed by atoms with van der Waals surface area (Å²) in [6.45, 7) is 7.80. The summed E-state index contributed by atoms with van der Waals surface area (Å²) in [4.78, 5) is 8.78. The van der Waals surface area contributed by atoms with E-state index in [1.807, 2.05) is 0 Å². The van der Waals surface area contributed by atoms with Crippen molar-refractivity contribution in [3.05, 3.63) is 17.6 Å². The molecule has 1 aromatic heterocycles. The van der Waals surface area contributed by atoms with Crippen molar-refractivity contribution in [2.24, 2.45) is 5.41 Å². The number of hydrogen-bond acceptors (Lipinski definition) is 3. The van der Waals surface area contributed by atoms with Crippen LogP contribution in [0.3, 0.4) is 0 Å². The quantitative estimate of drug-likeness (QED) is 0.871. The van der Waals surface area contributed by atoms with Crippen LogP contribution in [0, 0.1) is 5.41 Å². The van der Waals surface area contributed by atoms with E-state index >= 15 is 0 Å². The van der Waals surface area contributed by atoms with Crippen LogP contribution in [-0.4, -0.2) is 16.5 Å². The Kier molecular flexibility index (Phi) is 3.65. The molecule has 0 aliphatic heterocycles. The van der Waals surface area contributed by atoms with Gasteiger partial charge in [-0.05, 0) is 37.5 Å². The minimum Gasteiger partial charge on any atom is -0.370 e. The molecule has 94 valence electrons. The van der Waals surface area contributed by atoms with Crippen molar-refractivity contribution in [1.29, 1.82) is 0 Å². The lowest BCUT2D eigenvalue weighted by Crippen LogP contribution is -2.16. The molecular weight excluding hydrogens is 210 g/mol. The highest BCUT2D eigenvalue weighted by Crippen LogP contribution is 2.25. The van der Waals surface area contributed by atoms with Crippen LogP contribution < -0.4 is 5.32 Å². The van der Waals surface area contributed by atoms with Crippen molar-refractivity contribution in [2.45, 2.75) is 52.9 Å². The number of rotatable bonds is 3. The third kappa shape index (κ3) is 3.42. The molecule has 2 rings (SSSR count). The Labute approximate surface area is 104 Å². The highest BCUT2D eigenvalue weighted by atomic mass is 15.0. The Balaban J connectivity index is 2.01. The Bertz CT molecular complexity index is 380. The summed E-state index contributed by atoms with van der Waals surface area (Å²) in [6, 6.07) is 0. The molecule has 3 heteroatoms. The van der Waals surface area contributed by atoms with E-state index in [-0.39, 0.29) is 0 Å². The Hall–Kier alpha value is -1.12. The monoisotopic (exact) mass is 233 g/mol. The number of anilines is 1. The average molecular weight is 233 g/mol. The van der Waals surface area contributed by atoms with Crippen molar-refractivity contribution >= 4 is 5.82 Å². The van der Waals surface area contributed by atoms with Crippen molar-refractivity contribution in [3.8, 4) is 0 Å². The molecule has 17 heavy (non-hydrogen) atoms. The normalized spacial score (nSPS) is 15.5. The highest BCUT2D eigenvalue weighted by Gasteiger charge is 2.16. The van der Waals surface area contributed by atoms with E-state index in [2.05, 4.69) is 36.1 Å². The second-order valence-corrected chi connectivity index (χ2v) is 6.09. The van der Waals surface area contributed by atoms with Gasteiger partial charge in [0.2, 0.25) is 0 Å². The van der Waals surface area contributed by atoms with Gasteiger partial charge in [0.25, 0.3) is 0 Å². The molecule has 1 heterocycles. The zero-order valence-corrected chi connectivity index (χ0v) is 11.2. The SMILES string of the molecule is CC(C)(C)CCNc1ncnc2c1CCCC2. The molecule has 0 fully saturated rings. The van der Waals surface area contributed by atoms with Crippen LogP contribution in [0.2, 0.25) is 0 Å². The predicted octanol–water partition coefficient (Wildman–Crippen LogP) is 3.20. The topological polar surface area (TPSA) is 37.8 Å². The van der Waals surface area contributed by atoms with Gasteiger partial charge >= 0.3 is 0 Å². The maximum Gasteiger partial charge on any atom is 0.132 e. The summed E-state index contributed by atoms with van der Waals surface area (Å²) in [5.74, 6) is 1.07. The van der Waals surface area contributed by atoms with Crippen LogP contribution >= 0.6 is 0 Å². The van der Waals surface area contributed by atoms with Gasteiger partial charge in [-0.1, -0.05) is 20.8 Å². The van der Waals surface area contributed by atoms with Crippen LogP contribution in [0.15, 0.2) is 6.33 Å². The van der Waals surface area contributed by atoms with Gasteiger partial charge in [-0.2, -0.15) is 0 Å². The fourth-order valence-corrected chi connectivity index (χ4v) is 2.23. The minimum atomic E-state index is 0.375. The molecule has 3 nitrogen and oxygen atoms in total. The van der Waals surface area contributed by atoms with E-state index in [1.54, 1.807) is 6.33 Å². The number of nitrogens with zero attached hydrogens (tertiary/aromatic N) is 2. The van der Waals surface area contributed by atoms with Gasteiger partial charge in [0, 0.05) is 17.8 Å². The van der Waals surface area contributed by atoms with Crippen molar-refractivity contribution < 1.29 is 0 Å². The third-order valence-corrected chi connectivity index (χ3v) is 3.29. The van der Waals surface area contributed by atoms with Gasteiger partial charge in [-0.15, -0.1) is 0 Å². The molecule has 1 aromatic rings. The van der Waals surface area contributed by atoms with Gasteiger partial charge in [0.15, 0.2) is 0 Å². The van der Waals surface area contributed by atoms with Crippen molar-refractivity contribution in [2.75, 3.05) is 11.9 Å². The first kappa shape index (κ1) is 12.3. The molecule has 0 unspecified atom stereocenters. The smallest absolute Gasteiger partial charge is 0.132 e. The van der Waals surface area contributed by atoms with Gasteiger partial charge in [0.05, 0.1) is 0 Å². The van der Waals surface area contributed by atoms with Crippen LogP contribution in [0.4, 0.5) is 5.82 Å². The van der Waals surface area contributed by atoms with Gasteiger partial charge in [0.1, 0.15) is 12.1 Å². The fraction of sp³-hybridized carbons (Fsp3) is 0.714. The number of fused-ring (bicyclic) bond motifs is 1. The highest BCUT2D eigenvalue weighted by molar-refractivity contribution is 5.46. The zero-order valence-electron chi connectivity index (χ0n) is 11.2. The molecule has 1 aliphatic carbocycles. The first-order valence-electron chi connectivity index (χ1n) is 6.63. The summed E-state index contributed by atoms with van der Waals surface area (Å²) < 4.78 is 0. The Morgan fingerprint density at radius 1 is 1.18 bits per heavy atom. The predicted molar refractivity (Wildman–Crippen MR) is 71.2 cm³/mol. The molecule has 0 atom stereocenters. The molecule has 0 amide bonds. The summed E-state index contributed by atoms with van der Waals surface area (Å²) in [6.07, 6.45) is 7.65. The van der Waals surface area contributed by atoms with Crippen molar-refractivity contribution in [1.82, 2.24) is 9.97 Å². The molecule has 0 saturated carbocycles. The molecule has 0 spiro atoms. The second kappa shape index (κ2) is 5.03. The maximum atomic E-state index is 4.39. The Morgan fingerprint density at radius 2 is 1.94 bits per heavy atom. The van der Waals surface area contributed by atoms with E-state index in [0.29, 0.717) is 5.41 Å². The first-order chi connectivity index (χ1) is 8.06. The van der Waals surface area contributed by atoms with E-state index < -0.39 is 0 Å². The molecule has 1 N–H and O–H groups in total. The lowest BCUT2D eigenvalue weighted by atomic mass is 9.92. The largest absolute Gasteiger partial charge is 0.370 e. The average Bonchev–Trinajstić information content (AvgIpc) is 2.28. The van der Waals surface area contributed by atoms with Gasteiger partial charge in [-0.25, -0.2) is 9.97 Å². The molecule has 0 saturated heterocycles. The summed E-state index contributed by atoms with van der Waals surface area (Å²) in [5, 5.41) is 3.48. The first-order valence-corrected chi connectivity index (χ1v) is 6.63. The van der Waals surface area contributed by atoms with Gasteiger partial charge in [-0.3, -0.25) is 0 Å². The molecule has 1 aliphatic rings. The number of aryl methyl sites for hydroxylation is 1. The van der Waals surface area contributed by atoms with Crippen LogP contribution in [0.5, 0.6) is 0 Å². The summed E-state index contributed by atoms with van der Waals surface area (Å²) in [5.41, 5.74) is 2.98. The molecule has 0 bridgehead atoms. The van der Waals surface area contributed by atoms with Crippen molar-refractivity contribution in [3.63, 3.8) is 0 Å². The van der Waals surface area contributed by atoms with E-state index in [0.717, 1.165) is 31.6 Å². The molecule has 0 aromatic carbocycles. The van der Waals surface area contributed by atoms with Crippen LogP contribution in [-0.2, 0) is 12.8 Å². The second-order valence-electron chi connectivity index (χ2n) is 6.09. The van der Waals surface area contributed by atoms with Crippen LogP contribution in [0.1, 0.15) is 51.3 Å². The summed E-state index contributed by atoms with van der Waals surface area (Å²) >= 11 is 0. The fourth-order valence-electron chi connectivity index (χ4n) is 2.23. The molecule has 0 radical (unpaired) electrons. The maximum absolute atomic E-state index is 4.39. The molecular formula is C14H23N3. The zero-order chi connectivity index (χ0) is 12.3. The lowest BCUT2D eigenvalue weighted by Gasteiger charge is -2.21. The van der Waals surface area contributed by atoms with E-state index in [9.17, 15) is 0 Å². The third-order valence-electron chi connectivity index (χ3n) is 3.29. The summed E-state index contributed by atoms with van der Waals surface area (Å²) in [7, 11) is 0. The standard InChI is InChI=1S/C14H23N3/c1-14(2,3)8-9-15-13-11-6-4-5-7-12(11)16-10-17-13/h10H,4-9H2,1-3H3,(H,15,16,17). The number of nitrogens with one attached hydrogen (secondary N) is 1. The number of hydrogen-bond donors (Lipinski definition) is 1. The lowest BCUT2D eigenvalue weighted by molar-refractivity contribution is 0.389. The number of aromatic nitrogens is 2. The van der Waals surface area contributed by atoms with E-state index in [4.69, 9.17) is 0 Å². The van der Waals surface area contributed by atoms with Crippen LogP contribution in [0.25, 0.3) is 0 Å². The minimum absolute atomic E-state index is 0.375. The Morgan fingerprint density at radius 3 is 2.71 bits per heavy atom. The van der Waals surface area contributed by atoms with E-state index in [1.165, 1.54) is 24.1 Å². The van der Waals surface area contributed by atoms with Gasteiger partial charge < -0.3 is 5.32 Å².